The maximum atomic E-state index is 13.0. The fourth-order valence-electron chi connectivity index (χ4n) is 2.12. The molecule has 0 aliphatic rings. The molecule has 8 heteroatoms. The summed E-state index contributed by atoms with van der Waals surface area (Å²) < 4.78 is 17.9. The van der Waals surface area contributed by atoms with Gasteiger partial charge in [-0.1, -0.05) is 0 Å². The smallest absolute Gasteiger partial charge is 0.358 e. The number of rotatable bonds is 5. The molecule has 0 fully saturated rings. The second kappa shape index (κ2) is 8.21. The number of thiazole rings is 1. The molecule has 3 rings (SSSR count). The van der Waals surface area contributed by atoms with Crippen molar-refractivity contribution in [1.29, 1.82) is 5.26 Å². The van der Waals surface area contributed by atoms with Gasteiger partial charge in [-0.05, 0) is 48.5 Å². The third kappa shape index (κ3) is 4.74. The van der Waals surface area contributed by atoms with Crippen LogP contribution in [0.5, 0.6) is 0 Å². The molecule has 0 saturated carbocycles. The largest absolute Gasteiger partial charge is 0.451 e. The summed E-state index contributed by atoms with van der Waals surface area (Å²) in [5.41, 5.74) is 1.71. The maximum Gasteiger partial charge on any atom is 0.358 e. The van der Waals surface area contributed by atoms with Crippen LogP contribution in [0.1, 0.15) is 16.1 Å². The zero-order valence-corrected chi connectivity index (χ0v) is 14.6. The van der Waals surface area contributed by atoms with Crippen molar-refractivity contribution in [3.63, 3.8) is 0 Å². The number of ether oxygens (including phenoxy) is 1. The first kappa shape index (κ1) is 18.2. The van der Waals surface area contributed by atoms with Gasteiger partial charge in [0, 0.05) is 16.6 Å². The lowest BCUT2D eigenvalue weighted by Gasteiger charge is -2.05. The molecular weight excluding hydrogens is 369 g/mol. The number of amides is 1. The zero-order valence-electron chi connectivity index (χ0n) is 13.8. The Morgan fingerprint density at radius 2 is 1.85 bits per heavy atom. The summed E-state index contributed by atoms with van der Waals surface area (Å²) in [5.74, 6) is -1.60. The molecule has 0 saturated heterocycles. The number of nitrogens with one attached hydrogen (secondary N) is 1. The molecule has 0 radical (unpaired) electrons. The maximum absolute atomic E-state index is 13.0. The van der Waals surface area contributed by atoms with Gasteiger partial charge < -0.3 is 10.1 Å². The summed E-state index contributed by atoms with van der Waals surface area (Å²) in [6.45, 7) is -0.470. The van der Waals surface area contributed by atoms with Gasteiger partial charge in [0.25, 0.3) is 5.91 Å². The Morgan fingerprint density at radius 3 is 2.52 bits per heavy atom. The number of esters is 1. The standard InChI is InChI=1S/C19H12FN3O3S/c20-14-5-3-13(4-6-14)18-23-16(11-27-18)19(25)26-10-17(24)22-15-7-1-12(9-21)2-8-15/h1-8,11H,10H2,(H,22,24). The highest BCUT2D eigenvalue weighted by atomic mass is 32.1. The molecule has 0 spiro atoms. The van der Waals surface area contributed by atoms with Crippen molar-refractivity contribution in [2.75, 3.05) is 11.9 Å². The van der Waals surface area contributed by atoms with Crippen molar-refractivity contribution in [2.45, 2.75) is 0 Å². The normalized spacial score (nSPS) is 10.1. The average Bonchev–Trinajstić information content (AvgIpc) is 3.17. The van der Waals surface area contributed by atoms with Crippen molar-refractivity contribution in [1.82, 2.24) is 4.98 Å². The van der Waals surface area contributed by atoms with Crippen molar-refractivity contribution >= 4 is 28.9 Å². The molecule has 0 aliphatic carbocycles. The highest BCUT2D eigenvalue weighted by molar-refractivity contribution is 7.13. The number of carbonyl (C=O) groups excluding carboxylic acids is 2. The molecule has 134 valence electrons. The lowest BCUT2D eigenvalue weighted by Crippen LogP contribution is -2.21. The SMILES string of the molecule is N#Cc1ccc(NC(=O)COC(=O)c2csc(-c3ccc(F)cc3)n2)cc1. The molecule has 0 atom stereocenters. The lowest BCUT2D eigenvalue weighted by atomic mass is 10.2. The van der Waals surface area contributed by atoms with Crippen LogP contribution in [0.2, 0.25) is 0 Å². The van der Waals surface area contributed by atoms with E-state index < -0.39 is 18.5 Å². The van der Waals surface area contributed by atoms with E-state index in [0.29, 0.717) is 21.8 Å². The van der Waals surface area contributed by atoms with Crippen molar-refractivity contribution in [3.8, 4) is 16.6 Å². The van der Waals surface area contributed by atoms with E-state index in [1.165, 1.54) is 28.8 Å². The Balaban J connectivity index is 1.55. The average molecular weight is 381 g/mol. The van der Waals surface area contributed by atoms with E-state index in [1.807, 2.05) is 6.07 Å². The molecular formula is C19H12FN3O3S. The first-order valence-corrected chi connectivity index (χ1v) is 8.62. The number of aromatic nitrogens is 1. The molecule has 0 aliphatic heterocycles. The van der Waals surface area contributed by atoms with Crippen LogP contribution in [-0.2, 0) is 9.53 Å². The molecule has 3 aromatic rings. The van der Waals surface area contributed by atoms with Crippen LogP contribution in [0, 0.1) is 17.1 Å². The van der Waals surface area contributed by atoms with Gasteiger partial charge in [-0.25, -0.2) is 14.2 Å². The first-order valence-electron chi connectivity index (χ1n) is 7.74. The predicted octanol–water partition coefficient (Wildman–Crippen LogP) is 3.62. The number of hydrogen-bond donors (Lipinski definition) is 1. The van der Waals surface area contributed by atoms with Crippen LogP contribution < -0.4 is 5.32 Å². The van der Waals surface area contributed by atoms with Gasteiger partial charge in [0.05, 0.1) is 11.6 Å². The minimum atomic E-state index is -0.727. The molecule has 6 nitrogen and oxygen atoms in total. The quantitative estimate of drug-likeness (QED) is 0.682. The number of nitriles is 1. The lowest BCUT2D eigenvalue weighted by molar-refractivity contribution is -0.119. The molecule has 0 bridgehead atoms. The highest BCUT2D eigenvalue weighted by Crippen LogP contribution is 2.24. The van der Waals surface area contributed by atoms with E-state index in [0.717, 1.165) is 0 Å². The molecule has 1 amide bonds. The van der Waals surface area contributed by atoms with E-state index in [2.05, 4.69) is 10.3 Å². The number of carbonyl (C=O) groups is 2. The molecule has 2 aromatic carbocycles. The monoisotopic (exact) mass is 381 g/mol. The first-order chi connectivity index (χ1) is 13.0. The van der Waals surface area contributed by atoms with Gasteiger partial charge >= 0.3 is 5.97 Å². The Kier molecular flexibility index (Phi) is 5.54. The molecule has 0 unspecified atom stereocenters. The highest BCUT2D eigenvalue weighted by Gasteiger charge is 2.15. The summed E-state index contributed by atoms with van der Waals surface area (Å²) in [7, 11) is 0. The van der Waals surface area contributed by atoms with Gasteiger partial charge in [-0.15, -0.1) is 11.3 Å². The van der Waals surface area contributed by atoms with Gasteiger partial charge in [0.2, 0.25) is 0 Å². The minimum absolute atomic E-state index is 0.0745. The summed E-state index contributed by atoms with van der Waals surface area (Å²) in [4.78, 5) is 28.0. The van der Waals surface area contributed by atoms with Crippen molar-refractivity contribution < 1.29 is 18.7 Å². The second-order valence-electron chi connectivity index (χ2n) is 5.36. The van der Waals surface area contributed by atoms with E-state index in [4.69, 9.17) is 10.00 Å². The van der Waals surface area contributed by atoms with Crippen LogP contribution in [0.25, 0.3) is 10.6 Å². The molecule has 1 N–H and O–H groups in total. The van der Waals surface area contributed by atoms with E-state index in [-0.39, 0.29) is 11.5 Å². The summed E-state index contributed by atoms with van der Waals surface area (Å²) in [5, 5.41) is 13.4. The third-order valence-electron chi connectivity index (χ3n) is 3.44. The van der Waals surface area contributed by atoms with Crippen molar-refractivity contribution in [3.05, 3.63) is 71.0 Å². The number of hydrogen-bond acceptors (Lipinski definition) is 6. The third-order valence-corrected chi connectivity index (χ3v) is 4.33. The minimum Gasteiger partial charge on any atom is -0.451 e. The molecule has 1 heterocycles. The Morgan fingerprint density at radius 1 is 1.15 bits per heavy atom. The number of halogens is 1. The van der Waals surface area contributed by atoms with Crippen LogP contribution in [-0.4, -0.2) is 23.5 Å². The van der Waals surface area contributed by atoms with Crippen LogP contribution in [0.3, 0.4) is 0 Å². The number of nitrogens with zero attached hydrogens (tertiary/aromatic N) is 2. The Labute approximate surface area is 157 Å². The van der Waals surface area contributed by atoms with Crippen LogP contribution in [0.4, 0.5) is 10.1 Å². The Hall–Kier alpha value is -3.57. The van der Waals surface area contributed by atoms with Crippen molar-refractivity contribution in [2.24, 2.45) is 0 Å². The van der Waals surface area contributed by atoms with Crippen LogP contribution >= 0.6 is 11.3 Å². The summed E-state index contributed by atoms with van der Waals surface area (Å²) >= 11 is 1.22. The van der Waals surface area contributed by atoms with E-state index in [9.17, 15) is 14.0 Å². The molecule has 1 aromatic heterocycles. The predicted molar refractivity (Wildman–Crippen MR) is 97.6 cm³/mol. The number of anilines is 1. The fourth-order valence-corrected chi connectivity index (χ4v) is 2.92. The topological polar surface area (TPSA) is 92.1 Å². The van der Waals surface area contributed by atoms with Gasteiger partial charge in [0.15, 0.2) is 12.3 Å². The Bertz CT molecular complexity index is 1010. The van der Waals surface area contributed by atoms with Gasteiger partial charge in [-0.2, -0.15) is 5.26 Å². The summed E-state index contributed by atoms with van der Waals surface area (Å²) in [6.07, 6.45) is 0. The summed E-state index contributed by atoms with van der Waals surface area (Å²) in [6, 6.07) is 14.0. The molecule has 27 heavy (non-hydrogen) atoms. The second-order valence-corrected chi connectivity index (χ2v) is 6.22. The van der Waals surface area contributed by atoms with Crippen LogP contribution in [0.15, 0.2) is 53.9 Å². The van der Waals surface area contributed by atoms with E-state index in [1.54, 1.807) is 36.4 Å². The van der Waals surface area contributed by atoms with Gasteiger partial charge in [-0.3, -0.25) is 4.79 Å². The number of benzene rings is 2. The van der Waals surface area contributed by atoms with Gasteiger partial charge in [0.1, 0.15) is 10.8 Å². The zero-order chi connectivity index (χ0) is 19.2. The van der Waals surface area contributed by atoms with E-state index >= 15 is 0 Å². The fraction of sp³-hybridized carbons (Fsp3) is 0.0526.